The summed E-state index contributed by atoms with van der Waals surface area (Å²) in [5.41, 5.74) is 0.450. The van der Waals surface area contributed by atoms with E-state index in [1.165, 1.54) is 25.7 Å². The van der Waals surface area contributed by atoms with E-state index < -0.39 is 0 Å². The van der Waals surface area contributed by atoms with Gasteiger partial charge in [0.15, 0.2) is 0 Å². The van der Waals surface area contributed by atoms with Gasteiger partial charge in [0.25, 0.3) is 0 Å². The van der Waals surface area contributed by atoms with E-state index in [0.717, 1.165) is 12.5 Å². The largest absolute Gasteiger partial charge is 0.355 e. The Morgan fingerprint density at radius 1 is 1.69 bits per heavy atom. The second-order valence-electron chi connectivity index (χ2n) is 4.27. The molecular formula is C10H14N2O. The summed E-state index contributed by atoms with van der Waals surface area (Å²) in [5.74, 6) is 0.754. The van der Waals surface area contributed by atoms with Crippen LogP contribution in [0.3, 0.4) is 0 Å². The van der Waals surface area contributed by atoms with Gasteiger partial charge < -0.3 is 5.32 Å². The molecule has 0 bridgehead atoms. The second kappa shape index (κ2) is 3.02. The predicted molar refractivity (Wildman–Crippen MR) is 47.6 cm³/mol. The summed E-state index contributed by atoms with van der Waals surface area (Å²) >= 11 is 0. The highest BCUT2D eigenvalue weighted by Crippen LogP contribution is 2.62. The molecular weight excluding hydrogens is 164 g/mol. The van der Waals surface area contributed by atoms with Crippen LogP contribution in [0.15, 0.2) is 0 Å². The summed E-state index contributed by atoms with van der Waals surface area (Å²) in [6.07, 6.45) is 5.22. The second-order valence-corrected chi connectivity index (χ2v) is 4.27. The van der Waals surface area contributed by atoms with Crippen molar-refractivity contribution < 1.29 is 4.79 Å². The molecule has 2 aliphatic rings. The predicted octanol–water partition coefficient (Wildman–Crippen LogP) is 1.21. The van der Waals surface area contributed by atoms with Crippen LogP contribution in [0.2, 0.25) is 0 Å². The summed E-state index contributed by atoms with van der Waals surface area (Å²) < 4.78 is 0. The van der Waals surface area contributed by atoms with Crippen molar-refractivity contribution in [2.75, 3.05) is 6.54 Å². The van der Waals surface area contributed by atoms with Crippen molar-refractivity contribution in [3.05, 3.63) is 0 Å². The van der Waals surface area contributed by atoms with Crippen LogP contribution in [-0.2, 0) is 4.79 Å². The third-order valence-corrected chi connectivity index (χ3v) is 3.46. The molecule has 2 aliphatic carbocycles. The van der Waals surface area contributed by atoms with Crippen LogP contribution in [0.1, 0.15) is 32.1 Å². The molecule has 0 aliphatic heterocycles. The first-order valence-electron chi connectivity index (χ1n) is 4.90. The van der Waals surface area contributed by atoms with Gasteiger partial charge in [-0.25, -0.2) is 0 Å². The highest BCUT2D eigenvalue weighted by Gasteiger charge is 2.56. The Morgan fingerprint density at radius 3 is 3.08 bits per heavy atom. The lowest BCUT2D eigenvalue weighted by Gasteiger charge is -2.11. The zero-order valence-electron chi connectivity index (χ0n) is 7.68. The Bertz CT molecular complexity index is 269. The first-order chi connectivity index (χ1) is 6.27. The van der Waals surface area contributed by atoms with Gasteiger partial charge in [0.2, 0.25) is 5.91 Å². The van der Waals surface area contributed by atoms with Crippen LogP contribution in [0, 0.1) is 22.7 Å². The maximum absolute atomic E-state index is 11.0. The van der Waals surface area contributed by atoms with Crippen molar-refractivity contribution >= 4 is 5.91 Å². The van der Waals surface area contributed by atoms with Gasteiger partial charge >= 0.3 is 0 Å². The molecule has 3 heteroatoms. The van der Waals surface area contributed by atoms with Crippen molar-refractivity contribution in [2.24, 2.45) is 11.3 Å². The number of hydrogen-bond acceptors (Lipinski definition) is 2. The standard InChI is InChI=1S/C10H14N2O/c11-5-3-9(13)12-7-10-4-1-2-8(10)6-10/h8H,1-4,6-7H2,(H,12,13). The van der Waals surface area contributed by atoms with Crippen LogP contribution in [0.4, 0.5) is 0 Å². The Labute approximate surface area is 78.1 Å². The molecule has 0 spiro atoms. The molecule has 0 aromatic rings. The number of amides is 1. The highest BCUT2D eigenvalue weighted by molar-refractivity contribution is 5.78. The molecule has 2 unspecified atom stereocenters. The number of nitriles is 1. The van der Waals surface area contributed by atoms with E-state index in [9.17, 15) is 4.79 Å². The molecule has 0 aromatic carbocycles. The molecule has 2 fully saturated rings. The smallest absolute Gasteiger partial charge is 0.234 e. The number of carbonyl (C=O) groups excluding carboxylic acids is 1. The molecule has 0 heterocycles. The van der Waals surface area contributed by atoms with Gasteiger partial charge in [-0.15, -0.1) is 0 Å². The van der Waals surface area contributed by atoms with E-state index in [-0.39, 0.29) is 12.3 Å². The Morgan fingerprint density at radius 2 is 2.54 bits per heavy atom. The van der Waals surface area contributed by atoms with E-state index in [0.29, 0.717) is 5.41 Å². The van der Waals surface area contributed by atoms with E-state index in [1.54, 1.807) is 0 Å². The first-order valence-corrected chi connectivity index (χ1v) is 4.90. The van der Waals surface area contributed by atoms with Crippen molar-refractivity contribution in [3.8, 4) is 6.07 Å². The molecule has 1 N–H and O–H groups in total. The lowest BCUT2D eigenvalue weighted by Crippen LogP contribution is -2.29. The van der Waals surface area contributed by atoms with Crippen molar-refractivity contribution in [1.29, 1.82) is 5.26 Å². The molecule has 0 saturated heterocycles. The highest BCUT2D eigenvalue weighted by atomic mass is 16.1. The molecule has 13 heavy (non-hydrogen) atoms. The van der Waals surface area contributed by atoms with E-state index in [1.807, 2.05) is 6.07 Å². The number of carbonyl (C=O) groups is 1. The molecule has 2 atom stereocenters. The number of rotatable bonds is 3. The maximum Gasteiger partial charge on any atom is 0.234 e. The zero-order chi connectivity index (χ0) is 9.31. The normalized spacial score (nSPS) is 34.8. The fraction of sp³-hybridized carbons (Fsp3) is 0.800. The lowest BCUT2D eigenvalue weighted by molar-refractivity contribution is -0.120. The topological polar surface area (TPSA) is 52.9 Å². The monoisotopic (exact) mass is 178 g/mol. The fourth-order valence-corrected chi connectivity index (χ4v) is 2.56. The van der Waals surface area contributed by atoms with Gasteiger partial charge in [0, 0.05) is 6.54 Å². The van der Waals surface area contributed by atoms with Gasteiger partial charge in [0.1, 0.15) is 6.42 Å². The molecule has 2 saturated carbocycles. The van der Waals surface area contributed by atoms with Gasteiger partial charge in [-0.05, 0) is 30.6 Å². The minimum absolute atomic E-state index is 0.000741. The van der Waals surface area contributed by atoms with Gasteiger partial charge in [-0.2, -0.15) is 5.26 Å². The van der Waals surface area contributed by atoms with Crippen LogP contribution < -0.4 is 5.32 Å². The average molecular weight is 178 g/mol. The molecule has 0 radical (unpaired) electrons. The first kappa shape index (κ1) is 8.55. The van der Waals surface area contributed by atoms with Crippen LogP contribution in [-0.4, -0.2) is 12.5 Å². The third kappa shape index (κ3) is 1.53. The number of hydrogen-bond donors (Lipinski definition) is 1. The fourth-order valence-electron chi connectivity index (χ4n) is 2.56. The molecule has 3 nitrogen and oxygen atoms in total. The summed E-state index contributed by atoms with van der Waals surface area (Å²) in [7, 11) is 0. The SMILES string of the molecule is N#CCC(=O)NCC12CCCC1C2. The summed E-state index contributed by atoms with van der Waals surface area (Å²) in [5, 5.41) is 11.1. The third-order valence-electron chi connectivity index (χ3n) is 3.46. The number of nitrogens with zero attached hydrogens (tertiary/aromatic N) is 1. The molecule has 1 amide bonds. The summed E-state index contributed by atoms with van der Waals surface area (Å²) in [6, 6.07) is 1.86. The zero-order valence-corrected chi connectivity index (χ0v) is 7.68. The Balaban J connectivity index is 1.75. The molecule has 0 aromatic heterocycles. The van der Waals surface area contributed by atoms with Crippen LogP contribution in [0.5, 0.6) is 0 Å². The van der Waals surface area contributed by atoms with E-state index in [2.05, 4.69) is 5.32 Å². The van der Waals surface area contributed by atoms with Crippen LogP contribution >= 0.6 is 0 Å². The van der Waals surface area contributed by atoms with Crippen molar-refractivity contribution in [1.82, 2.24) is 5.32 Å². The lowest BCUT2D eigenvalue weighted by atomic mass is 10.0. The quantitative estimate of drug-likeness (QED) is 0.706. The van der Waals surface area contributed by atoms with Crippen molar-refractivity contribution in [3.63, 3.8) is 0 Å². The average Bonchev–Trinajstić information content (AvgIpc) is 2.67. The van der Waals surface area contributed by atoms with Crippen LogP contribution in [0.25, 0.3) is 0 Å². The van der Waals surface area contributed by atoms with Gasteiger partial charge in [0.05, 0.1) is 6.07 Å². The maximum atomic E-state index is 11.0. The van der Waals surface area contributed by atoms with E-state index >= 15 is 0 Å². The minimum atomic E-state index is -0.116. The van der Waals surface area contributed by atoms with Gasteiger partial charge in [-0.3, -0.25) is 4.79 Å². The molecule has 70 valence electrons. The number of fused-ring (bicyclic) bond motifs is 1. The minimum Gasteiger partial charge on any atom is -0.355 e. The Hall–Kier alpha value is -1.04. The number of nitrogens with one attached hydrogen (secondary N) is 1. The Kier molecular flexibility index (Phi) is 1.99. The van der Waals surface area contributed by atoms with E-state index in [4.69, 9.17) is 5.26 Å². The summed E-state index contributed by atoms with van der Waals surface area (Å²) in [6.45, 7) is 0.804. The van der Waals surface area contributed by atoms with Crippen molar-refractivity contribution in [2.45, 2.75) is 32.1 Å². The summed E-state index contributed by atoms with van der Waals surface area (Å²) in [4.78, 5) is 11.0. The molecule has 2 rings (SSSR count). The van der Waals surface area contributed by atoms with Gasteiger partial charge in [-0.1, -0.05) is 6.42 Å².